The quantitative estimate of drug-likeness (QED) is 0.779. The fourth-order valence-corrected chi connectivity index (χ4v) is 2.48. The Hall–Kier alpha value is -0.940. The van der Waals surface area contributed by atoms with E-state index in [0.717, 1.165) is 37.7 Å². The predicted molar refractivity (Wildman–Crippen MR) is 64.9 cm³/mol. The second-order valence-corrected chi connectivity index (χ2v) is 5.04. The van der Waals surface area contributed by atoms with Crippen LogP contribution in [0.2, 0.25) is 0 Å². The molecule has 2 heterocycles. The first-order valence-electron chi connectivity index (χ1n) is 5.64. The number of thiazole rings is 1. The minimum atomic E-state index is 0.0834. The molecule has 0 atom stereocenters. The Bertz CT molecular complexity index is 369. The number of rotatable bonds is 2. The van der Waals surface area contributed by atoms with Crippen LogP contribution in [-0.2, 0) is 0 Å². The first-order chi connectivity index (χ1) is 7.70. The normalized spacial score (nSPS) is 17.8. The summed E-state index contributed by atoms with van der Waals surface area (Å²) < 4.78 is 0. The Morgan fingerprint density at radius 2 is 2.12 bits per heavy atom. The fraction of sp³-hybridized carbons (Fsp3) is 0.636. The van der Waals surface area contributed by atoms with Gasteiger partial charge in [0.1, 0.15) is 5.69 Å². The summed E-state index contributed by atoms with van der Waals surface area (Å²) in [6, 6.07) is 0. The standard InChI is InChI=1S/C11H17N3OS/c1-3-13-4-6-14(7-5-13)11(15)10-8-16-9(2)12-10/h8H,3-7H2,1-2H3. The topological polar surface area (TPSA) is 36.4 Å². The van der Waals surface area contributed by atoms with Crippen LogP contribution in [0.15, 0.2) is 5.38 Å². The van der Waals surface area contributed by atoms with Crippen LogP contribution in [0.25, 0.3) is 0 Å². The van der Waals surface area contributed by atoms with Crippen molar-refractivity contribution in [1.29, 1.82) is 0 Å². The Labute approximate surface area is 99.9 Å². The molecule has 2 rings (SSSR count). The highest BCUT2D eigenvalue weighted by Gasteiger charge is 2.22. The molecular formula is C11H17N3OS. The van der Waals surface area contributed by atoms with E-state index in [1.165, 1.54) is 11.3 Å². The number of amides is 1. The van der Waals surface area contributed by atoms with Crippen molar-refractivity contribution < 1.29 is 4.79 Å². The van der Waals surface area contributed by atoms with E-state index in [0.29, 0.717) is 5.69 Å². The zero-order valence-corrected chi connectivity index (χ0v) is 10.6. The summed E-state index contributed by atoms with van der Waals surface area (Å²) in [6.45, 7) is 8.75. The van der Waals surface area contributed by atoms with E-state index in [9.17, 15) is 4.79 Å². The van der Waals surface area contributed by atoms with E-state index in [4.69, 9.17) is 0 Å². The number of likely N-dealkylation sites (N-methyl/N-ethyl adjacent to an activating group) is 1. The summed E-state index contributed by atoms with van der Waals surface area (Å²) in [7, 11) is 0. The first-order valence-corrected chi connectivity index (χ1v) is 6.52. The van der Waals surface area contributed by atoms with Crippen molar-refractivity contribution in [1.82, 2.24) is 14.8 Å². The molecule has 5 heteroatoms. The number of hydrogen-bond donors (Lipinski definition) is 0. The van der Waals surface area contributed by atoms with Gasteiger partial charge in [-0.1, -0.05) is 6.92 Å². The number of aromatic nitrogens is 1. The number of nitrogens with zero attached hydrogens (tertiary/aromatic N) is 3. The molecule has 16 heavy (non-hydrogen) atoms. The van der Waals surface area contributed by atoms with Crippen LogP contribution in [-0.4, -0.2) is 53.4 Å². The van der Waals surface area contributed by atoms with Crippen molar-refractivity contribution in [3.8, 4) is 0 Å². The van der Waals surface area contributed by atoms with Gasteiger partial charge in [0.25, 0.3) is 5.91 Å². The second-order valence-electron chi connectivity index (χ2n) is 3.98. The molecule has 0 aliphatic carbocycles. The van der Waals surface area contributed by atoms with Crippen LogP contribution >= 0.6 is 11.3 Å². The number of piperazine rings is 1. The molecule has 1 aromatic heterocycles. The Morgan fingerprint density at radius 1 is 1.44 bits per heavy atom. The highest BCUT2D eigenvalue weighted by atomic mass is 32.1. The maximum atomic E-state index is 12.1. The lowest BCUT2D eigenvalue weighted by Crippen LogP contribution is -2.48. The zero-order chi connectivity index (χ0) is 11.5. The van der Waals surface area contributed by atoms with E-state index >= 15 is 0 Å². The molecule has 4 nitrogen and oxygen atoms in total. The van der Waals surface area contributed by atoms with E-state index in [1.807, 2.05) is 17.2 Å². The molecule has 0 saturated carbocycles. The van der Waals surface area contributed by atoms with Crippen molar-refractivity contribution in [2.45, 2.75) is 13.8 Å². The zero-order valence-electron chi connectivity index (χ0n) is 9.77. The van der Waals surface area contributed by atoms with E-state index < -0.39 is 0 Å². The number of carbonyl (C=O) groups is 1. The third kappa shape index (κ3) is 2.41. The molecule has 1 aliphatic heterocycles. The molecule has 1 fully saturated rings. The lowest BCUT2D eigenvalue weighted by Gasteiger charge is -2.33. The fourth-order valence-electron chi connectivity index (χ4n) is 1.89. The van der Waals surface area contributed by atoms with Crippen molar-refractivity contribution in [3.63, 3.8) is 0 Å². The summed E-state index contributed by atoms with van der Waals surface area (Å²) in [5.74, 6) is 0.0834. The van der Waals surface area contributed by atoms with Gasteiger partial charge in [0.05, 0.1) is 5.01 Å². The third-order valence-electron chi connectivity index (χ3n) is 2.94. The van der Waals surface area contributed by atoms with Gasteiger partial charge in [0.15, 0.2) is 0 Å². The summed E-state index contributed by atoms with van der Waals surface area (Å²) in [6.07, 6.45) is 0. The Balaban J connectivity index is 1.96. The third-order valence-corrected chi connectivity index (χ3v) is 3.72. The average Bonchev–Trinajstić information content (AvgIpc) is 2.75. The number of aryl methyl sites for hydroxylation is 1. The summed E-state index contributed by atoms with van der Waals surface area (Å²) in [5.41, 5.74) is 0.604. The van der Waals surface area contributed by atoms with Gasteiger partial charge < -0.3 is 9.80 Å². The van der Waals surface area contributed by atoms with Crippen LogP contribution in [0.3, 0.4) is 0 Å². The molecule has 1 saturated heterocycles. The van der Waals surface area contributed by atoms with Crippen molar-refractivity contribution in [2.75, 3.05) is 32.7 Å². The van der Waals surface area contributed by atoms with Crippen LogP contribution in [0.5, 0.6) is 0 Å². The van der Waals surface area contributed by atoms with Crippen LogP contribution in [0, 0.1) is 6.92 Å². The van der Waals surface area contributed by atoms with Gasteiger partial charge >= 0.3 is 0 Å². The largest absolute Gasteiger partial charge is 0.335 e. The molecule has 0 spiro atoms. The predicted octanol–water partition coefficient (Wildman–Crippen LogP) is 1.23. The Morgan fingerprint density at radius 3 is 2.62 bits per heavy atom. The second kappa shape index (κ2) is 4.93. The lowest BCUT2D eigenvalue weighted by atomic mass is 10.3. The van der Waals surface area contributed by atoms with Gasteiger partial charge in [-0.15, -0.1) is 11.3 Å². The molecule has 1 amide bonds. The molecule has 1 aromatic rings. The molecule has 1 aliphatic rings. The van der Waals surface area contributed by atoms with Crippen LogP contribution in [0.4, 0.5) is 0 Å². The smallest absolute Gasteiger partial charge is 0.273 e. The van der Waals surface area contributed by atoms with E-state index in [1.54, 1.807) is 0 Å². The molecule has 0 N–H and O–H groups in total. The van der Waals surface area contributed by atoms with Gasteiger partial charge in [0, 0.05) is 31.6 Å². The van der Waals surface area contributed by atoms with Gasteiger partial charge in [-0.25, -0.2) is 4.98 Å². The van der Waals surface area contributed by atoms with Crippen molar-refractivity contribution >= 4 is 17.2 Å². The highest BCUT2D eigenvalue weighted by molar-refractivity contribution is 7.09. The monoisotopic (exact) mass is 239 g/mol. The number of carbonyl (C=O) groups excluding carboxylic acids is 1. The summed E-state index contributed by atoms with van der Waals surface area (Å²) >= 11 is 1.53. The van der Waals surface area contributed by atoms with E-state index in [-0.39, 0.29) is 5.91 Å². The van der Waals surface area contributed by atoms with Gasteiger partial charge in [-0.2, -0.15) is 0 Å². The molecule has 0 radical (unpaired) electrons. The highest BCUT2D eigenvalue weighted by Crippen LogP contribution is 2.12. The molecular weight excluding hydrogens is 222 g/mol. The maximum absolute atomic E-state index is 12.1. The minimum absolute atomic E-state index is 0.0834. The van der Waals surface area contributed by atoms with Gasteiger partial charge in [-0.05, 0) is 13.5 Å². The van der Waals surface area contributed by atoms with Gasteiger partial charge in [0.2, 0.25) is 0 Å². The Kier molecular flexibility index (Phi) is 3.56. The lowest BCUT2D eigenvalue weighted by molar-refractivity contribution is 0.0638. The van der Waals surface area contributed by atoms with Crippen molar-refractivity contribution in [2.24, 2.45) is 0 Å². The SMILES string of the molecule is CCN1CCN(C(=O)c2csc(C)n2)CC1. The summed E-state index contributed by atoms with van der Waals surface area (Å²) in [4.78, 5) is 20.6. The van der Waals surface area contributed by atoms with Crippen molar-refractivity contribution in [3.05, 3.63) is 16.1 Å². The van der Waals surface area contributed by atoms with Crippen LogP contribution < -0.4 is 0 Å². The molecule has 0 bridgehead atoms. The number of hydrogen-bond acceptors (Lipinski definition) is 4. The minimum Gasteiger partial charge on any atom is -0.335 e. The van der Waals surface area contributed by atoms with E-state index in [2.05, 4.69) is 16.8 Å². The molecule has 0 unspecified atom stereocenters. The molecule has 88 valence electrons. The van der Waals surface area contributed by atoms with Crippen LogP contribution in [0.1, 0.15) is 22.4 Å². The maximum Gasteiger partial charge on any atom is 0.273 e. The molecule has 0 aromatic carbocycles. The van der Waals surface area contributed by atoms with Gasteiger partial charge in [-0.3, -0.25) is 4.79 Å². The summed E-state index contributed by atoms with van der Waals surface area (Å²) in [5, 5.41) is 2.81. The first kappa shape index (κ1) is 11.5. The average molecular weight is 239 g/mol.